The molecule has 1 aliphatic rings. The number of esters is 3. The largest absolute Gasteiger partial charge is 0.463 e. The van der Waals surface area contributed by atoms with Crippen molar-refractivity contribution in [3.63, 3.8) is 0 Å². The molecule has 1 N–H and O–H groups in total. The molecule has 11 heteroatoms. The van der Waals surface area contributed by atoms with E-state index in [-0.39, 0.29) is 6.61 Å². The van der Waals surface area contributed by atoms with Crippen molar-refractivity contribution in [2.24, 2.45) is 0 Å². The van der Waals surface area contributed by atoms with Gasteiger partial charge in [-0.05, 0) is 12.1 Å². The fraction of sp³-hybridized carbons (Fsp3) is 0.526. The summed E-state index contributed by atoms with van der Waals surface area (Å²) in [4.78, 5) is 50.9. The number of ether oxygens (including phenoxy) is 4. The second-order valence-electron chi connectivity index (χ2n) is 6.51. The Bertz CT molecular complexity index is 775. The Morgan fingerprint density at radius 1 is 1.03 bits per heavy atom. The van der Waals surface area contributed by atoms with E-state index in [4.69, 9.17) is 18.9 Å². The smallest absolute Gasteiger partial charge is 0.303 e. The summed E-state index contributed by atoms with van der Waals surface area (Å²) in [6.07, 6.45) is -1.53. The summed E-state index contributed by atoms with van der Waals surface area (Å²) >= 11 is 1.18. The molecule has 1 amide bonds. The Kier molecular flexibility index (Phi) is 8.60. The maximum absolute atomic E-state index is 11.9. The second kappa shape index (κ2) is 10.9. The summed E-state index contributed by atoms with van der Waals surface area (Å²) in [7, 11) is 0. The number of thioether (sulfide) groups is 1. The number of hydrogen-bond donors (Lipinski definition) is 1. The summed E-state index contributed by atoms with van der Waals surface area (Å²) in [5.74, 6) is -2.23. The Labute approximate surface area is 178 Å². The summed E-state index contributed by atoms with van der Waals surface area (Å²) in [6.45, 7) is 4.69. The van der Waals surface area contributed by atoms with Gasteiger partial charge in [-0.25, -0.2) is 4.98 Å². The number of nitrogens with one attached hydrogen (secondary N) is 1. The Morgan fingerprint density at radius 3 is 2.23 bits per heavy atom. The quantitative estimate of drug-likeness (QED) is 0.480. The molecule has 1 aliphatic heterocycles. The molecule has 1 fully saturated rings. The van der Waals surface area contributed by atoms with Crippen LogP contribution in [-0.2, 0) is 38.1 Å². The molecule has 164 valence electrons. The average molecular weight is 440 g/mol. The summed E-state index contributed by atoms with van der Waals surface area (Å²) in [5, 5.41) is 3.30. The molecule has 0 aliphatic carbocycles. The molecule has 0 bridgehead atoms. The Morgan fingerprint density at radius 2 is 1.70 bits per heavy atom. The Hall–Kier alpha value is -2.66. The number of aromatic nitrogens is 1. The van der Waals surface area contributed by atoms with Crippen LogP contribution in [0, 0.1) is 0 Å². The van der Waals surface area contributed by atoms with Crippen LogP contribution in [0.2, 0.25) is 0 Å². The molecule has 1 aromatic rings. The van der Waals surface area contributed by atoms with E-state index in [0.29, 0.717) is 5.03 Å². The van der Waals surface area contributed by atoms with Gasteiger partial charge in [-0.2, -0.15) is 0 Å². The van der Waals surface area contributed by atoms with E-state index in [2.05, 4.69) is 10.3 Å². The SMILES string of the molecule is CC(=O)N[C@@H]1[C@@H](OC(C)=O)[C@H](OC(C)=O)[C@@H](COC(C)=O)O[C@H]1Sc1ccccn1. The molecule has 0 aromatic carbocycles. The lowest BCUT2D eigenvalue weighted by Gasteiger charge is -2.44. The number of nitrogens with zero attached hydrogens (tertiary/aromatic N) is 1. The summed E-state index contributed by atoms with van der Waals surface area (Å²) in [5.41, 5.74) is -0.777. The lowest BCUT2D eigenvalue weighted by molar-refractivity contribution is -0.211. The first-order valence-electron chi connectivity index (χ1n) is 9.15. The third kappa shape index (κ3) is 6.99. The fourth-order valence-corrected chi connectivity index (χ4v) is 4.01. The lowest BCUT2D eigenvalue weighted by Crippen LogP contribution is -2.65. The van der Waals surface area contributed by atoms with Crippen LogP contribution in [0.5, 0.6) is 0 Å². The first-order valence-corrected chi connectivity index (χ1v) is 10.0. The number of amides is 1. The zero-order chi connectivity index (χ0) is 22.3. The number of carbonyl (C=O) groups excluding carboxylic acids is 4. The van der Waals surface area contributed by atoms with Crippen LogP contribution in [0.1, 0.15) is 27.7 Å². The van der Waals surface area contributed by atoms with Crippen LogP contribution in [0.3, 0.4) is 0 Å². The van der Waals surface area contributed by atoms with E-state index >= 15 is 0 Å². The maximum Gasteiger partial charge on any atom is 0.303 e. The van der Waals surface area contributed by atoms with Crippen LogP contribution in [0.4, 0.5) is 0 Å². The number of pyridine rings is 1. The average Bonchev–Trinajstić information content (AvgIpc) is 2.64. The maximum atomic E-state index is 11.9. The highest BCUT2D eigenvalue weighted by molar-refractivity contribution is 7.99. The lowest BCUT2D eigenvalue weighted by atomic mass is 9.97. The van der Waals surface area contributed by atoms with Gasteiger partial charge in [0.25, 0.3) is 0 Å². The van der Waals surface area contributed by atoms with Gasteiger partial charge in [0.2, 0.25) is 5.91 Å². The minimum atomic E-state index is -1.11. The predicted molar refractivity (Wildman–Crippen MR) is 104 cm³/mol. The van der Waals surface area contributed by atoms with Gasteiger partial charge >= 0.3 is 17.9 Å². The van der Waals surface area contributed by atoms with E-state index < -0.39 is 53.6 Å². The highest BCUT2D eigenvalue weighted by atomic mass is 32.2. The van der Waals surface area contributed by atoms with Gasteiger partial charge in [0.15, 0.2) is 12.2 Å². The molecule has 0 spiro atoms. The highest BCUT2D eigenvalue weighted by Gasteiger charge is 2.51. The second-order valence-corrected chi connectivity index (χ2v) is 7.62. The minimum Gasteiger partial charge on any atom is -0.463 e. The third-order valence-electron chi connectivity index (χ3n) is 3.95. The molecule has 2 heterocycles. The van der Waals surface area contributed by atoms with E-state index in [1.54, 1.807) is 24.4 Å². The van der Waals surface area contributed by atoms with E-state index in [0.717, 1.165) is 0 Å². The van der Waals surface area contributed by atoms with E-state index in [1.807, 2.05) is 0 Å². The zero-order valence-electron chi connectivity index (χ0n) is 17.0. The molecule has 0 saturated carbocycles. The molecule has 0 unspecified atom stereocenters. The van der Waals surface area contributed by atoms with Gasteiger partial charge in [-0.15, -0.1) is 0 Å². The van der Waals surface area contributed by atoms with Crippen molar-refractivity contribution in [1.82, 2.24) is 10.3 Å². The molecule has 0 radical (unpaired) electrons. The zero-order valence-corrected chi connectivity index (χ0v) is 17.8. The Balaban J connectivity index is 2.42. The molecular formula is C19H24N2O8S. The summed E-state index contributed by atoms with van der Waals surface area (Å²) < 4.78 is 21.9. The number of hydrogen-bond acceptors (Lipinski definition) is 10. The van der Waals surface area contributed by atoms with Crippen LogP contribution in [0.25, 0.3) is 0 Å². The van der Waals surface area contributed by atoms with Crippen molar-refractivity contribution in [3.05, 3.63) is 24.4 Å². The first kappa shape index (κ1) is 23.6. The molecule has 2 rings (SSSR count). The third-order valence-corrected chi connectivity index (χ3v) is 5.07. The van der Waals surface area contributed by atoms with Gasteiger partial charge in [-0.1, -0.05) is 17.8 Å². The van der Waals surface area contributed by atoms with Gasteiger partial charge in [0.1, 0.15) is 24.2 Å². The number of rotatable bonds is 7. The van der Waals surface area contributed by atoms with E-state index in [1.165, 1.54) is 39.5 Å². The van der Waals surface area contributed by atoms with Crippen molar-refractivity contribution in [1.29, 1.82) is 0 Å². The monoisotopic (exact) mass is 440 g/mol. The van der Waals surface area contributed by atoms with Crippen LogP contribution >= 0.6 is 11.8 Å². The van der Waals surface area contributed by atoms with Crippen LogP contribution in [-0.4, -0.2) is 65.2 Å². The molecule has 30 heavy (non-hydrogen) atoms. The molecular weight excluding hydrogens is 416 g/mol. The molecule has 1 saturated heterocycles. The molecule has 1 aromatic heterocycles. The van der Waals surface area contributed by atoms with Crippen LogP contribution in [0.15, 0.2) is 29.4 Å². The topological polar surface area (TPSA) is 130 Å². The number of carbonyl (C=O) groups is 4. The van der Waals surface area contributed by atoms with E-state index in [9.17, 15) is 19.2 Å². The van der Waals surface area contributed by atoms with Crippen LogP contribution < -0.4 is 5.32 Å². The van der Waals surface area contributed by atoms with Crippen molar-refractivity contribution in [2.45, 2.75) is 62.5 Å². The van der Waals surface area contributed by atoms with Crippen molar-refractivity contribution in [3.8, 4) is 0 Å². The summed E-state index contributed by atoms with van der Waals surface area (Å²) in [6, 6.07) is 4.42. The molecule has 10 nitrogen and oxygen atoms in total. The standard InChI is InChI=1S/C19H24N2O8S/c1-10(22)21-16-18(28-13(4)25)17(27-12(3)24)14(9-26-11(2)23)29-19(16)30-15-7-5-6-8-20-15/h5-8,14,16-19H,9H2,1-4H3,(H,21,22)/t14-,16-,17-,18-,19+/m1/s1. The minimum absolute atomic E-state index is 0.239. The van der Waals surface area contributed by atoms with Gasteiger partial charge in [-0.3, -0.25) is 19.2 Å². The normalized spacial score (nSPS) is 25.7. The van der Waals surface area contributed by atoms with Gasteiger partial charge in [0, 0.05) is 33.9 Å². The first-order chi connectivity index (χ1) is 14.2. The van der Waals surface area contributed by atoms with Crippen molar-refractivity contribution >= 4 is 35.6 Å². The van der Waals surface area contributed by atoms with Gasteiger partial charge < -0.3 is 24.3 Å². The fourth-order valence-electron chi connectivity index (χ4n) is 2.93. The van der Waals surface area contributed by atoms with Crippen molar-refractivity contribution < 1.29 is 38.1 Å². The predicted octanol–water partition coefficient (Wildman–Crippen LogP) is 0.830. The highest BCUT2D eigenvalue weighted by Crippen LogP contribution is 2.35. The van der Waals surface area contributed by atoms with Gasteiger partial charge in [0.05, 0.1) is 5.03 Å². The van der Waals surface area contributed by atoms with Crippen molar-refractivity contribution in [2.75, 3.05) is 6.61 Å². The molecule has 5 atom stereocenters.